The summed E-state index contributed by atoms with van der Waals surface area (Å²) in [6.07, 6.45) is 2.02. The zero-order valence-electron chi connectivity index (χ0n) is 14.6. The second-order valence-corrected chi connectivity index (χ2v) is 6.25. The normalized spacial score (nSPS) is 16.4. The van der Waals surface area contributed by atoms with E-state index in [-0.39, 0.29) is 30.6 Å². The van der Waals surface area contributed by atoms with E-state index in [9.17, 15) is 14.9 Å². The smallest absolute Gasteiger partial charge is 0.332 e. The number of nitrogens with zero attached hydrogens (tertiary/aromatic N) is 3. The van der Waals surface area contributed by atoms with E-state index >= 15 is 0 Å². The summed E-state index contributed by atoms with van der Waals surface area (Å²) < 4.78 is 2.60. The van der Waals surface area contributed by atoms with Crippen LogP contribution in [0.2, 0.25) is 0 Å². The predicted molar refractivity (Wildman–Crippen MR) is 103 cm³/mol. The van der Waals surface area contributed by atoms with Crippen molar-refractivity contribution in [2.24, 2.45) is 7.05 Å². The maximum absolute atomic E-state index is 12.6. The van der Waals surface area contributed by atoms with Gasteiger partial charge in [-0.2, -0.15) is 5.26 Å². The van der Waals surface area contributed by atoms with Gasteiger partial charge in [-0.05, 0) is 31.0 Å². The molecule has 1 aromatic heterocycles. The van der Waals surface area contributed by atoms with Crippen LogP contribution in [0.1, 0.15) is 24.0 Å². The molecule has 2 aromatic rings. The number of benzene rings is 1. The van der Waals surface area contributed by atoms with E-state index in [2.05, 4.69) is 16.7 Å². The quantitative estimate of drug-likeness (QED) is 0.833. The molecule has 2 N–H and O–H groups in total. The summed E-state index contributed by atoms with van der Waals surface area (Å²) in [5.41, 5.74) is 0.525. The summed E-state index contributed by atoms with van der Waals surface area (Å²) in [6, 6.07) is 10.9. The van der Waals surface area contributed by atoms with Gasteiger partial charge in [0.1, 0.15) is 5.82 Å². The number of aromatic nitrogens is 2. The molecule has 0 aliphatic carbocycles. The van der Waals surface area contributed by atoms with Crippen LogP contribution in [0.5, 0.6) is 0 Å². The molecule has 2 heterocycles. The van der Waals surface area contributed by atoms with Crippen molar-refractivity contribution in [2.45, 2.75) is 25.4 Å². The number of rotatable bonds is 4. The molecule has 8 heteroatoms. The van der Waals surface area contributed by atoms with Crippen molar-refractivity contribution in [2.75, 3.05) is 18.4 Å². The van der Waals surface area contributed by atoms with Crippen LogP contribution in [0, 0.1) is 11.3 Å². The van der Waals surface area contributed by atoms with Crippen LogP contribution in [0.25, 0.3) is 0 Å². The van der Waals surface area contributed by atoms with Crippen molar-refractivity contribution in [3.05, 3.63) is 62.3 Å². The van der Waals surface area contributed by atoms with Crippen LogP contribution in [0.4, 0.5) is 5.82 Å². The summed E-state index contributed by atoms with van der Waals surface area (Å²) in [6.45, 7) is 2.01. The molecule has 0 unspecified atom stereocenters. The first kappa shape index (κ1) is 19.8. The fraction of sp³-hybridized carbons (Fsp3) is 0.389. The molecule has 26 heavy (non-hydrogen) atoms. The number of nitriles is 1. The predicted octanol–water partition coefficient (Wildman–Crippen LogP) is 1.05. The van der Waals surface area contributed by atoms with Crippen molar-refractivity contribution < 1.29 is 0 Å². The molecule has 1 aliphatic heterocycles. The lowest BCUT2D eigenvalue weighted by Crippen LogP contribution is -2.43. The third-order valence-electron chi connectivity index (χ3n) is 4.51. The minimum atomic E-state index is -0.397. The third kappa shape index (κ3) is 4.15. The number of halogens is 1. The molecular weight excluding hydrogens is 354 g/mol. The Hall–Kier alpha value is -2.56. The average Bonchev–Trinajstić information content (AvgIpc) is 2.64. The number of hydrogen-bond acceptors (Lipinski definition) is 5. The van der Waals surface area contributed by atoms with Gasteiger partial charge in [0.25, 0.3) is 5.56 Å². The first-order valence-corrected chi connectivity index (χ1v) is 8.36. The molecule has 1 aliphatic rings. The molecule has 1 fully saturated rings. The van der Waals surface area contributed by atoms with E-state index in [4.69, 9.17) is 0 Å². The molecule has 1 aromatic carbocycles. The van der Waals surface area contributed by atoms with Crippen molar-refractivity contribution in [3.63, 3.8) is 0 Å². The molecule has 0 amide bonds. The number of nitrogens with one attached hydrogen (secondary N) is 2. The first-order valence-electron chi connectivity index (χ1n) is 8.36. The van der Waals surface area contributed by atoms with Gasteiger partial charge in [-0.3, -0.25) is 13.9 Å². The highest BCUT2D eigenvalue weighted by molar-refractivity contribution is 5.85. The molecule has 1 saturated heterocycles. The Balaban J connectivity index is 0.00000243. The van der Waals surface area contributed by atoms with Gasteiger partial charge >= 0.3 is 5.69 Å². The molecule has 1 atom stereocenters. The van der Waals surface area contributed by atoms with Gasteiger partial charge in [-0.1, -0.05) is 18.2 Å². The van der Waals surface area contributed by atoms with E-state index in [0.29, 0.717) is 11.4 Å². The molecule has 138 valence electrons. The lowest BCUT2D eigenvalue weighted by molar-refractivity contribution is 0.475. The summed E-state index contributed by atoms with van der Waals surface area (Å²) in [4.78, 5) is 24.7. The molecular formula is C18H22ClN5O2. The van der Waals surface area contributed by atoms with E-state index in [1.54, 1.807) is 12.1 Å². The van der Waals surface area contributed by atoms with Crippen LogP contribution < -0.4 is 21.9 Å². The SMILES string of the molecule is Cl.Cn1c(=O)cc(N[C@@H]2CCCNC2)n(Cc2ccccc2C#N)c1=O. The molecule has 0 spiro atoms. The topological polar surface area (TPSA) is 91.8 Å². The van der Waals surface area contributed by atoms with E-state index in [0.717, 1.165) is 36.1 Å². The lowest BCUT2D eigenvalue weighted by Gasteiger charge is -2.26. The molecule has 3 rings (SSSR count). The Kier molecular flexibility index (Phi) is 6.61. The Morgan fingerprint density at radius 3 is 2.81 bits per heavy atom. The number of anilines is 1. The average molecular weight is 376 g/mol. The number of hydrogen-bond donors (Lipinski definition) is 2. The zero-order chi connectivity index (χ0) is 17.8. The third-order valence-corrected chi connectivity index (χ3v) is 4.51. The Bertz CT molecular complexity index is 922. The van der Waals surface area contributed by atoms with Gasteiger partial charge in [0.2, 0.25) is 0 Å². The minimum absolute atomic E-state index is 0. The van der Waals surface area contributed by atoms with Gasteiger partial charge in [0, 0.05) is 25.7 Å². The summed E-state index contributed by atoms with van der Waals surface area (Å²) in [5, 5.41) is 15.9. The van der Waals surface area contributed by atoms with Crippen LogP contribution >= 0.6 is 12.4 Å². The zero-order valence-corrected chi connectivity index (χ0v) is 15.4. The molecule has 0 saturated carbocycles. The fourth-order valence-electron chi connectivity index (χ4n) is 3.06. The first-order chi connectivity index (χ1) is 12.1. The summed E-state index contributed by atoms with van der Waals surface area (Å²) >= 11 is 0. The van der Waals surface area contributed by atoms with Gasteiger partial charge < -0.3 is 10.6 Å². The van der Waals surface area contributed by atoms with Crippen LogP contribution in [-0.2, 0) is 13.6 Å². The standard InChI is InChI=1S/C18H21N5O2.ClH/c1-22-17(24)9-16(21-15-7-4-8-20-11-15)23(18(22)25)12-14-6-3-2-5-13(14)10-19;/h2-3,5-6,9,15,20-21H,4,7-8,11-12H2,1H3;1H/t15-;/m1./s1. The van der Waals surface area contributed by atoms with E-state index in [1.807, 2.05) is 12.1 Å². The number of piperidine rings is 1. The minimum Gasteiger partial charge on any atom is -0.367 e. The second kappa shape index (κ2) is 8.70. The van der Waals surface area contributed by atoms with Gasteiger partial charge in [-0.15, -0.1) is 12.4 Å². The van der Waals surface area contributed by atoms with Crippen molar-refractivity contribution in [1.82, 2.24) is 14.5 Å². The van der Waals surface area contributed by atoms with Crippen LogP contribution in [0.15, 0.2) is 39.9 Å². The highest BCUT2D eigenvalue weighted by atomic mass is 35.5. The Morgan fingerprint density at radius 1 is 1.35 bits per heavy atom. The Morgan fingerprint density at radius 2 is 2.12 bits per heavy atom. The largest absolute Gasteiger partial charge is 0.367 e. The fourth-order valence-corrected chi connectivity index (χ4v) is 3.06. The maximum Gasteiger partial charge on any atom is 0.332 e. The van der Waals surface area contributed by atoms with Crippen LogP contribution in [-0.4, -0.2) is 28.3 Å². The van der Waals surface area contributed by atoms with E-state index < -0.39 is 5.69 Å². The molecule has 7 nitrogen and oxygen atoms in total. The highest BCUT2D eigenvalue weighted by Gasteiger charge is 2.17. The van der Waals surface area contributed by atoms with E-state index in [1.165, 1.54) is 17.7 Å². The molecule has 0 bridgehead atoms. The second-order valence-electron chi connectivity index (χ2n) is 6.25. The lowest BCUT2D eigenvalue weighted by atomic mass is 10.1. The van der Waals surface area contributed by atoms with Gasteiger partial charge in [0.15, 0.2) is 0 Å². The van der Waals surface area contributed by atoms with Gasteiger partial charge in [0.05, 0.1) is 18.2 Å². The van der Waals surface area contributed by atoms with Crippen molar-refractivity contribution in [3.8, 4) is 6.07 Å². The van der Waals surface area contributed by atoms with Crippen LogP contribution in [0.3, 0.4) is 0 Å². The Labute approximate surface area is 157 Å². The van der Waals surface area contributed by atoms with Crippen molar-refractivity contribution >= 4 is 18.2 Å². The summed E-state index contributed by atoms with van der Waals surface area (Å²) in [5.74, 6) is 0.495. The maximum atomic E-state index is 12.6. The monoisotopic (exact) mass is 375 g/mol. The summed E-state index contributed by atoms with van der Waals surface area (Å²) in [7, 11) is 1.46. The van der Waals surface area contributed by atoms with Gasteiger partial charge in [-0.25, -0.2) is 4.79 Å². The molecule has 0 radical (unpaired) electrons. The van der Waals surface area contributed by atoms with Crippen molar-refractivity contribution in [1.29, 1.82) is 5.26 Å². The highest BCUT2D eigenvalue weighted by Crippen LogP contribution is 2.14.